The van der Waals surface area contributed by atoms with Crippen molar-refractivity contribution in [2.24, 2.45) is 23.2 Å². The van der Waals surface area contributed by atoms with Crippen molar-refractivity contribution in [3.05, 3.63) is 94.5 Å². The van der Waals surface area contributed by atoms with Crippen molar-refractivity contribution in [2.45, 2.75) is 44.7 Å². The molecule has 0 aromatic heterocycles. The summed E-state index contributed by atoms with van der Waals surface area (Å²) in [7, 11) is 1.93. The fourth-order valence-corrected chi connectivity index (χ4v) is 9.16. The molecule has 1 aliphatic heterocycles. The zero-order valence-electron chi connectivity index (χ0n) is 27.1. The number of anilines is 1. The molecule has 1 saturated heterocycles. The van der Waals surface area contributed by atoms with E-state index in [0.717, 1.165) is 42.1 Å². The molecule has 1 N–H and O–H groups in total. The second kappa shape index (κ2) is 12.5. The lowest BCUT2D eigenvalue weighted by atomic mass is 9.49. The Hall–Kier alpha value is -4.45. The third-order valence-corrected chi connectivity index (χ3v) is 10.8. The number of alkyl halides is 3. The summed E-state index contributed by atoms with van der Waals surface area (Å²) in [6.07, 6.45) is 3.27. The molecule has 250 valence electrons. The van der Waals surface area contributed by atoms with Gasteiger partial charge in [0.2, 0.25) is 0 Å². The number of hydrogen-bond acceptors (Lipinski definition) is 4. The van der Waals surface area contributed by atoms with E-state index in [2.05, 4.69) is 16.7 Å². The third kappa shape index (κ3) is 6.76. The molecule has 4 saturated carbocycles. The number of carbonyl (C=O) groups excluding carboxylic acids is 2. The molecule has 5 fully saturated rings. The van der Waals surface area contributed by atoms with Gasteiger partial charge in [0.15, 0.2) is 0 Å². The van der Waals surface area contributed by atoms with Crippen molar-refractivity contribution in [3.63, 3.8) is 0 Å². The Morgan fingerprint density at radius 2 is 1.46 bits per heavy atom. The number of nitrogens with zero attached hydrogens (tertiary/aromatic N) is 3. The summed E-state index contributed by atoms with van der Waals surface area (Å²) in [4.78, 5) is 32.5. The van der Waals surface area contributed by atoms with E-state index in [1.807, 2.05) is 36.2 Å². The van der Waals surface area contributed by atoms with Crippen molar-refractivity contribution in [1.29, 1.82) is 0 Å². The smallest absolute Gasteiger partial charge is 0.416 e. The Morgan fingerprint density at radius 3 is 2.06 bits per heavy atom. The standard InChI is InChI=1S/C39H40F3N3O3/c1-43(25-38-22-28-15-29(23-38)17-30(16-28)24-38)36(47)31-7-9-34(10-8-31)44-11-13-45(14-12-44)37(48)32-18-27(19-33(21-32)39(40,41)42)6-5-26-3-2-4-35(46)20-26/h2-4,7-10,18-21,28-30,46H,11-17,22-25H2,1H3. The highest BCUT2D eigenvalue weighted by Crippen LogP contribution is 2.60. The van der Waals surface area contributed by atoms with Crippen LogP contribution in [0, 0.1) is 35.0 Å². The number of phenols is 1. The number of phenolic OH excluding ortho intramolecular Hbond substituents is 1. The van der Waals surface area contributed by atoms with Gasteiger partial charge in [-0.2, -0.15) is 13.2 Å². The maximum Gasteiger partial charge on any atom is 0.416 e. The molecule has 6 nitrogen and oxygen atoms in total. The maximum absolute atomic E-state index is 13.8. The number of carbonyl (C=O) groups is 2. The van der Waals surface area contributed by atoms with E-state index in [4.69, 9.17) is 0 Å². The Bertz CT molecular complexity index is 1730. The first-order chi connectivity index (χ1) is 22.9. The molecule has 9 heteroatoms. The molecule has 3 aromatic rings. The summed E-state index contributed by atoms with van der Waals surface area (Å²) in [6.45, 7) is 2.52. The topological polar surface area (TPSA) is 64.1 Å². The lowest BCUT2D eigenvalue weighted by Gasteiger charge is -2.57. The second-order valence-electron chi connectivity index (χ2n) is 14.5. The molecule has 0 unspecified atom stereocenters. The van der Waals surface area contributed by atoms with Gasteiger partial charge in [-0.15, -0.1) is 0 Å². The van der Waals surface area contributed by atoms with Crippen LogP contribution in [0.25, 0.3) is 0 Å². The second-order valence-corrected chi connectivity index (χ2v) is 14.5. The molecular weight excluding hydrogens is 615 g/mol. The van der Waals surface area contributed by atoms with Crippen LogP contribution in [0.15, 0.2) is 66.7 Å². The minimum atomic E-state index is -4.65. The summed E-state index contributed by atoms with van der Waals surface area (Å²) >= 11 is 0. The fraction of sp³-hybridized carbons (Fsp3) is 0.436. The molecule has 0 spiro atoms. The molecule has 3 aromatic carbocycles. The number of halogens is 3. The zero-order valence-corrected chi connectivity index (χ0v) is 27.1. The molecule has 2 amide bonds. The minimum absolute atomic E-state index is 0.000289. The van der Waals surface area contributed by atoms with E-state index < -0.39 is 17.6 Å². The minimum Gasteiger partial charge on any atom is -0.508 e. The van der Waals surface area contributed by atoms with E-state index in [-0.39, 0.29) is 28.2 Å². The predicted octanol–water partition coefficient (Wildman–Crippen LogP) is 7.06. The van der Waals surface area contributed by atoms with Crippen LogP contribution in [0.1, 0.15) is 75.9 Å². The highest BCUT2D eigenvalue weighted by molar-refractivity contribution is 5.95. The number of rotatable bonds is 5. The fourth-order valence-electron chi connectivity index (χ4n) is 9.16. The summed E-state index contributed by atoms with van der Waals surface area (Å²) in [6, 6.07) is 16.9. The largest absolute Gasteiger partial charge is 0.508 e. The van der Waals surface area contributed by atoms with Gasteiger partial charge >= 0.3 is 6.18 Å². The number of benzene rings is 3. The van der Waals surface area contributed by atoms with Crippen LogP contribution in [0.4, 0.5) is 18.9 Å². The predicted molar refractivity (Wildman–Crippen MR) is 178 cm³/mol. The monoisotopic (exact) mass is 655 g/mol. The van der Waals surface area contributed by atoms with Crippen molar-refractivity contribution in [3.8, 4) is 17.6 Å². The molecular formula is C39H40F3N3O3. The normalized spacial score (nSPS) is 24.6. The van der Waals surface area contributed by atoms with Gasteiger partial charge in [0.05, 0.1) is 5.56 Å². The van der Waals surface area contributed by atoms with Crippen molar-refractivity contribution in [1.82, 2.24) is 9.80 Å². The number of hydrogen-bond donors (Lipinski definition) is 1. The van der Waals surface area contributed by atoms with Crippen LogP contribution < -0.4 is 4.90 Å². The van der Waals surface area contributed by atoms with Gasteiger partial charge < -0.3 is 19.8 Å². The number of aromatic hydroxyl groups is 1. The Morgan fingerprint density at radius 1 is 0.833 bits per heavy atom. The van der Waals surface area contributed by atoms with Gasteiger partial charge in [-0.25, -0.2) is 0 Å². The molecule has 1 heterocycles. The summed E-state index contributed by atoms with van der Waals surface area (Å²) in [5.74, 6) is 7.56. The molecule has 4 aliphatic carbocycles. The molecule has 48 heavy (non-hydrogen) atoms. The van der Waals surface area contributed by atoms with Crippen molar-refractivity contribution >= 4 is 17.5 Å². The van der Waals surface area contributed by atoms with Crippen LogP contribution in [-0.2, 0) is 6.18 Å². The molecule has 5 aliphatic rings. The first-order valence-electron chi connectivity index (χ1n) is 16.9. The lowest BCUT2D eigenvalue weighted by Crippen LogP contribution is -2.51. The Balaban J connectivity index is 0.980. The van der Waals surface area contributed by atoms with Crippen LogP contribution in [0.3, 0.4) is 0 Å². The highest BCUT2D eigenvalue weighted by Gasteiger charge is 2.51. The lowest BCUT2D eigenvalue weighted by molar-refractivity contribution is -0.137. The van der Waals surface area contributed by atoms with Crippen LogP contribution in [-0.4, -0.2) is 66.5 Å². The van der Waals surface area contributed by atoms with Crippen molar-refractivity contribution < 1.29 is 27.9 Å². The van der Waals surface area contributed by atoms with E-state index in [1.165, 1.54) is 56.7 Å². The number of piperazine rings is 1. The van der Waals surface area contributed by atoms with E-state index >= 15 is 0 Å². The van der Waals surface area contributed by atoms with Crippen LogP contribution in [0.5, 0.6) is 5.75 Å². The van der Waals surface area contributed by atoms with Crippen LogP contribution >= 0.6 is 0 Å². The third-order valence-electron chi connectivity index (χ3n) is 10.8. The maximum atomic E-state index is 13.8. The molecule has 8 rings (SSSR count). The molecule has 0 atom stereocenters. The first-order valence-corrected chi connectivity index (χ1v) is 16.9. The summed E-state index contributed by atoms with van der Waals surface area (Å²) < 4.78 is 41.3. The first kappa shape index (κ1) is 32.1. The molecule has 4 bridgehead atoms. The SMILES string of the molecule is CN(CC12CC3CC(CC(C3)C1)C2)C(=O)c1ccc(N2CCN(C(=O)c3cc(C#Cc4cccc(O)c4)cc(C(F)(F)F)c3)CC2)cc1. The zero-order chi connectivity index (χ0) is 33.6. The van der Waals surface area contributed by atoms with Gasteiger partial charge in [0.25, 0.3) is 11.8 Å². The van der Waals surface area contributed by atoms with E-state index in [9.17, 15) is 27.9 Å². The van der Waals surface area contributed by atoms with E-state index in [1.54, 1.807) is 17.0 Å². The Kier molecular flexibility index (Phi) is 8.39. The quantitative estimate of drug-likeness (QED) is 0.299. The molecule has 0 radical (unpaired) electrons. The van der Waals surface area contributed by atoms with Crippen LogP contribution in [0.2, 0.25) is 0 Å². The van der Waals surface area contributed by atoms with Gasteiger partial charge in [0, 0.05) is 67.7 Å². The Labute approximate surface area is 279 Å². The van der Waals surface area contributed by atoms with Gasteiger partial charge in [-0.3, -0.25) is 9.59 Å². The summed E-state index contributed by atoms with van der Waals surface area (Å²) in [5, 5.41) is 9.66. The summed E-state index contributed by atoms with van der Waals surface area (Å²) in [5.41, 5.74) is 1.38. The van der Waals surface area contributed by atoms with Gasteiger partial charge in [-0.1, -0.05) is 17.9 Å². The van der Waals surface area contributed by atoms with Gasteiger partial charge in [-0.05, 0) is 122 Å². The van der Waals surface area contributed by atoms with Crippen molar-refractivity contribution in [2.75, 3.05) is 44.7 Å². The van der Waals surface area contributed by atoms with Gasteiger partial charge in [0.1, 0.15) is 5.75 Å². The highest BCUT2D eigenvalue weighted by atomic mass is 19.4. The average molecular weight is 656 g/mol. The average Bonchev–Trinajstić information content (AvgIpc) is 3.05. The van der Waals surface area contributed by atoms with E-state index in [0.29, 0.717) is 37.3 Å². The number of amides is 2.